The van der Waals surface area contributed by atoms with Crippen LogP contribution in [0.2, 0.25) is 0 Å². The van der Waals surface area contributed by atoms with Crippen molar-refractivity contribution in [1.82, 2.24) is 25.1 Å². The molecule has 1 unspecified atom stereocenters. The van der Waals surface area contributed by atoms with Gasteiger partial charge in [0.1, 0.15) is 11.3 Å². The summed E-state index contributed by atoms with van der Waals surface area (Å²) in [5, 5.41) is 7.43. The van der Waals surface area contributed by atoms with Crippen molar-refractivity contribution in [3.05, 3.63) is 47.3 Å². The van der Waals surface area contributed by atoms with Crippen molar-refractivity contribution in [2.75, 3.05) is 13.1 Å². The van der Waals surface area contributed by atoms with Crippen LogP contribution >= 0.6 is 0 Å². The molecule has 3 heterocycles. The van der Waals surface area contributed by atoms with Crippen LogP contribution in [0.5, 0.6) is 0 Å². The lowest BCUT2D eigenvalue weighted by Crippen LogP contribution is -2.34. The third-order valence-corrected chi connectivity index (χ3v) is 4.54. The van der Waals surface area contributed by atoms with Gasteiger partial charge in [-0.05, 0) is 44.5 Å². The maximum atomic E-state index is 13.8. The molecule has 5 nitrogen and oxygen atoms in total. The number of aromatic amines is 2. The minimum atomic E-state index is -0.270. The normalized spacial score (nSPS) is 19.5. The zero-order chi connectivity index (χ0) is 15.8. The first-order chi connectivity index (χ1) is 11.2. The number of nitrogens with zero attached hydrogens (tertiary/aromatic N) is 3. The Bertz CT molecular complexity index is 821. The van der Waals surface area contributed by atoms with Gasteiger partial charge < -0.3 is 4.98 Å². The van der Waals surface area contributed by atoms with Gasteiger partial charge in [-0.2, -0.15) is 5.10 Å². The zero-order valence-electron chi connectivity index (χ0n) is 13.1. The molecule has 0 amide bonds. The van der Waals surface area contributed by atoms with E-state index in [4.69, 9.17) is 0 Å². The Kier molecular flexibility index (Phi) is 3.61. The third kappa shape index (κ3) is 2.86. The second kappa shape index (κ2) is 5.77. The Morgan fingerprint density at radius 1 is 1.39 bits per heavy atom. The molecule has 0 spiro atoms. The van der Waals surface area contributed by atoms with Gasteiger partial charge >= 0.3 is 0 Å². The van der Waals surface area contributed by atoms with Gasteiger partial charge in [-0.1, -0.05) is 6.07 Å². The Morgan fingerprint density at radius 2 is 2.30 bits per heavy atom. The molecule has 0 radical (unpaired) electrons. The summed E-state index contributed by atoms with van der Waals surface area (Å²) >= 11 is 0. The van der Waals surface area contributed by atoms with Gasteiger partial charge in [-0.15, -0.1) is 0 Å². The third-order valence-electron chi connectivity index (χ3n) is 4.54. The molecule has 23 heavy (non-hydrogen) atoms. The number of fused-ring (bicyclic) bond motifs is 1. The van der Waals surface area contributed by atoms with E-state index in [1.807, 2.05) is 13.0 Å². The fraction of sp³-hybridized carbons (Fsp3) is 0.412. The van der Waals surface area contributed by atoms with E-state index in [2.05, 4.69) is 31.1 Å². The van der Waals surface area contributed by atoms with Crippen molar-refractivity contribution < 1.29 is 4.39 Å². The minimum Gasteiger partial charge on any atom is -0.341 e. The van der Waals surface area contributed by atoms with Crippen LogP contribution in [-0.2, 0) is 6.54 Å². The predicted octanol–water partition coefficient (Wildman–Crippen LogP) is 3.11. The molecule has 1 saturated heterocycles. The number of benzene rings is 1. The molecule has 1 fully saturated rings. The number of hydrogen-bond donors (Lipinski definition) is 2. The maximum Gasteiger partial charge on any atom is 0.151 e. The van der Waals surface area contributed by atoms with Crippen LogP contribution in [0.15, 0.2) is 24.3 Å². The largest absolute Gasteiger partial charge is 0.341 e. The monoisotopic (exact) mass is 313 g/mol. The summed E-state index contributed by atoms with van der Waals surface area (Å²) in [5.41, 5.74) is 3.43. The van der Waals surface area contributed by atoms with E-state index in [-0.39, 0.29) is 5.82 Å². The van der Waals surface area contributed by atoms with Crippen LogP contribution in [0.4, 0.5) is 4.39 Å². The molecular weight excluding hydrogens is 293 g/mol. The van der Waals surface area contributed by atoms with Gasteiger partial charge in [0.25, 0.3) is 0 Å². The average Bonchev–Trinajstić information content (AvgIpc) is 3.14. The van der Waals surface area contributed by atoms with Crippen LogP contribution < -0.4 is 0 Å². The van der Waals surface area contributed by atoms with E-state index < -0.39 is 0 Å². The molecule has 0 saturated carbocycles. The summed E-state index contributed by atoms with van der Waals surface area (Å²) < 4.78 is 13.8. The van der Waals surface area contributed by atoms with Gasteiger partial charge in [0.05, 0.1) is 17.8 Å². The SMILES string of the molecule is Cc1cc(C2CCCN(Cc3nc4c(F)cccc4[nH]3)C2)n[nH]1. The van der Waals surface area contributed by atoms with Crippen molar-refractivity contribution in [3.8, 4) is 0 Å². The van der Waals surface area contributed by atoms with Crippen molar-refractivity contribution in [2.24, 2.45) is 0 Å². The van der Waals surface area contributed by atoms with Gasteiger partial charge in [0.15, 0.2) is 5.82 Å². The number of aromatic nitrogens is 4. The van der Waals surface area contributed by atoms with E-state index in [0.717, 1.165) is 48.7 Å². The summed E-state index contributed by atoms with van der Waals surface area (Å²) in [4.78, 5) is 10.0. The zero-order valence-corrected chi connectivity index (χ0v) is 13.1. The topological polar surface area (TPSA) is 60.6 Å². The molecule has 2 N–H and O–H groups in total. The van der Waals surface area contributed by atoms with E-state index in [1.165, 1.54) is 6.07 Å². The van der Waals surface area contributed by atoms with E-state index in [0.29, 0.717) is 18.0 Å². The fourth-order valence-electron chi connectivity index (χ4n) is 3.42. The number of imidazole rings is 1. The second-order valence-corrected chi connectivity index (χ2v) is 6.37. The van der Waals surface area contributed by atoms with Gasteiger partial charge in [-0.25, -0.2) is 9.37 Å². The lowest BCUT2D eigenvalue weighted by atomic mass is 9.94. The summed E-state index contributed by atoms with van der Waals surface area (Å²) in [6.45, 7) is 4.75. The lowest BCUT2D eigenvalue weighted by Gasteiger charge is -2.31. The Balaban J connectivity index is 1.50. The molecular formula is C17H20FN5. The maximum absolute atomic E-state index is 13.8. The summed E-state index contributed by atoms with van der Waals surface area (Å²) in [6.07, 6.45) is 2.31. The van der Waals surface area contributed by atoms with Gasteiger partial charge in [0.2, 0.25) is 0 Å². The molecule has 1 aliphatic rings. The predicted molar refractivity (Wildman–Crippen MR) is 86.6 cm³/mol. The molecule has 1 aromatic carbocycles. The quantitative estimate of drug-likeness (QED) is 0.781. The molecule has 120 valence electrons. The molecule has 0 aliphatic carbocycles. The molecule has 1 atom stereocenters. The van der Waals surface area contributed by atoms with Crippen LogP contribution in [0.1, 0.15) is 36.0 Å². The lowest BCUT2D eigenvalue weighted by molar-refractivity contribution is 0.195. The number of likely N-dealkylation sites (tertiary alicyclic amines) is 1. The smallest absolute Gasteiger partial charge is 0.151 e. The second-order valence-electron chi connectivity index (χ2n) is 6.37. The van der Waals surface area contributed by atoms with Gasteiger partial charge in [-0.3, -0.25) is 10.00 Å². The Labute approximate surface area is 133 Å². The summed E-state index contributed by atoms with van der Waals surface area (Å²) in [6, 6.07) is 7.14. The van der Waals surface area contributed by atoms with Crippen molar-refractivity contribution in [1.29, 1.82) is 0 Å². The highest BCUT2D eigenvalue weighted by Gasteiger charge is 2.24. The molecule has 4 rings (SSSR count). The standard InChI is InChI=1S/C17H20FN5/c1-11-8-15(22-21-11)12-4-3-7-23(9-12)10-16-19-14-6-2-5-13(18)17(14)20-16/h2,5-6,8,12H,3-4,7,9-10H2,1H3,(H,19,20)(H,21,22). The van der Waals surface area contributed by atoms with E-state index >= 15 is 0 Å². The summed E-state index contributed by atoms with van der Waals surface area (Å²) in [7, 11) is 0. The van der Waals surface area contributed by atoms with Crippen LogP contribution in [0.3, 0.4) is 0 Å². The van der Waals surface area contributed by atoms with Crippen LogP contribution in [0, 0.1) is 12.7 Å². The van der Waals surface area contributed by atoms with E-state index in [1.54, 1.807) is 6.07 Å². The highest BCUT2D eigenvalue weighted by Crippen LogP contribution is 2.27. The molecule has 3 aromatic rings. The molecule has 1 aliphatic heterocycles. The number of piperidine rings is 1. The Hall–Kier alpha value is -2.21. The fourth-order valence-corrected chi connectivity index (χ4v) is 3.42. The first-order valence-electron chi connectivity index (χ1n) is 8.06. The first-order valence-corrected chi connectivity index (χ1v) is 8.06. The molecule has 6 heteroatoms. The number of rotatable bonds is 3. The van der Waals surface area contributed by atoms with Crippen molar-refractivity contribution >= 4 is 11.0 Å². The summed E-state index contributed by atoms with van der Waals surface area (Å²) in [5.74, 6) is 1.01. The van der Waals surface area contributed by atoms with E-state index in [9.17, 15) is 4.39 Å². The van der Waals surface area contributed by atoms with Crippen LogP contribution in [-0.4, -0.2) is 38.2 Å². The number of H-pyrrole nitrogens is 2. The van der Waals surface area contributed by atoms with Crippen molar-refractivity contribution in [2.45, 2.75) is 32.2 Å². The van der Waals surface area contributed by atoms with Gasteiger partial charge in [0, 0.05) is 18.2 Å². The number of aryl methyl sites for hydroxylation is 1. The first kappa shape index (κ1) is 14.4. The number of hydrogen-bond acceptors (Lipinski definition) is 3. The number of para-hydroxylation sites is 1. The Morgan fingerprint density at radius 3 is 3.09 bits per heavy atom. The van der Waals surface area contributed by atoms with Crippen LogP contribution in [0.25, 0.3) is 11.0 Å². The van der Waals surface area contributed by atoms with Crippen molar-refractivity contribution in [3.63, 3.8) is 0 Å². The number of nitrogens with one attached hydrogen (secondary N) is 2. The number of halogens is 1. The minimum absolute atomic E-state index is 0.270. The average molecular weight is 313 g/mol. The molecule has 0 bridgehead atoms. The highest BCUT2D eigenvalue weighted by molar-refractivity contribution is 5.75. The molecule has 2 aromatic heterocycles. The highest BCUT2D eigenvalue weighted by atomic mass is 19.1.